The van der Waals surface area contributed by atoms with Gasteiger partial charge in [0.2, 0.25) is 0 Å². The van der Waals surface area contributed by atoms with Crippen LogP contribution in [-0.4, -0.2) is 19.7 Å². The summed E-state index contributed by atoms with van der Waals surface area (Å²) in [5, 5.41) is 12.9. The molecule has 0 unspecified atom stereocenters. The van der Waals surface area contributed by atoms with Crippen LogP contribution in [0.2, 0.25) is 0 Å². The van der Waals surface area contributed by atoms with Crippen LogP contribution in [0.5, 0.6) is 0 Å². The van der Waals surface area contributed by atoms with Gasteiger partial charge in [-0.2, -0.15) is 0 Å². The summed E-state index contributed by atoms with van der Waals surface area (Å²) in [5.41, 5.74) is 4.47. The molecule has 0 N–H and O–H groups in total. The largest absolute Gasteiger partial charge is 0.469 e. The van der Waals surface area contributed by atoms with E-state index >= 15 is 0 Å². The quantitative estimate of drug-likeness (QED) is 0.357. The fourth-order valence-corrected chi connectivity index (χ4v) is 4.95. The molecule has 0 spiro atoms. The fourth-order valence-electron chi connectivity index (χ4n) is 3.06. The Hall–Kier alpha value is -2.38. The summed E-state index contributed by atoms with van der Waals surface area (Å²) in [7, 11) is 0. The lowest BCUT2D eigenvalue weighted by molar-refractivity contribution is 0.531. The Morgan fingerprint density at radius 2 is 2.04 bits per heavy atom. The smallest absolute Gasteiger partial charge is 0.192 e. The van der Waals surface area contributed by atoms with Gasteiger partial charge in [-0.25, -0.2) is 4.98 Å². The van der Waals surface area contributed by atoms with E-state index in [-0.39, 0.29) is 6.04 Å². The Morgan fingerprint density at radius 3 is 2.75 bits per heavy atom. The number of aryl methyl sites for hydroxylation is 2. The summed E-state index contributed by atoms with van der Waals surface area (Å²) < 4.78 is 7.61. The van der Waals surface area contributed by atoms with Crippen molar-refractivity contribution in [3.63, 3.8) is 0 Å². The zero-order valence-electron chi connectivity index (χ0n) is 16.3. The van der Waals surface area contributed by atoms with E-state index in [4.69, 9.17) is 9.40 Å². The summed E-state index contributed by atoms with van der Waals surface area (Å²) in [6, 6.07) is 10.7. The Bertz CT molecular complexity index is 1090. The van der Waals surface area contributed by atoms with E-state index in [1.165, 1.54) is 11.1 Å². The molecule has 144 valence electrons. The van der Waals surface area contributed by atoms with Crippen molar-refractivity contribution in [2.75, 3.05) is 0 Å². The molecule has 0 aliphatic rings. The Labute approximate surface area is 172 Å². The molecule has 7 heteroatoms. The number of hydrogen-bond acceptors (Lipinski definition) is 6. The molecule has 0 aliphatic carbocycles. The van der Waals surface area contributed by atoms with E-state index in [0.717, 1.165) is 38.8 Å². The number of furan rings is 1. The van der Waals surface area contributed by atoms with E-state index < -0.39 is 0 Å². The Kier molecular flexibility index (Phi) is 5.37. The Morgan fingerprint density at radius 1 is 1.18 bits per heavy atom. The molecule has 0 aliphatic heterocycles. The van der Waals surface area contributed by atoms with Gasteiger partial charge in [0, 0.05) is 22.7 Å². The molecule has 4 aromatic rings. The van der Waals surface area contributed by atoms with Gasteiger partial charge < -0.3 is 4.42 Å². The maximum absolute atomic E-state index is 5.45. The summed E-state index contributed by atoms with van der Waals surface area (Å²) in [4.78, 5) is 4.81. The van der Waals surface area contributed by atoms with Crippen molar-refractivity contribution in [1.82, 2.24) is 19.7 Å². The molecular formula is C21H22N4OS2. The molecule has 0 radical (unpaired) electrons. The first-order chi connectivity index (χ1) is 13.5. The lowest BCUT2D eigenvalue weighted by Crippen LogP contribution is -2.05. The molecule has 0 saturated carbocycles. The third kappa shape index (κ3) is 3.77. The zero-order valence-corrected chi connectivity index (χ0v) is 18.0. The van der Waals surface area contributed by atoms with Gasteiger partial charge in [-0.3, -0.25) is 4.57 Å². The van der Waals surface area contributed by atoms with E-state index in [2.05, 4.69) is 65.2 Å². The molecular weight excluding hydrogens is 388 g/mol. The monoisotopic (exact) mass is 410 g/mol. The molecule has 0 atom stereocenters. The predicted molar refractivity (Wildman–Crippen MR) is 115 cm³/mol. The SMILES string of the molecule is Cc1cccc(-c2nc(CSc3nnc(-c4ccoc4C)n3C(C)C)cs2)c1. The summed E-state index contributed by atoms with van der Waals surface area (Å²) in [6.07, 6.45) is 1.69. The molecule has 3 aromatic heterocycles. The van der Waals surface area contributed by atoms with Gasteiger partial charge >= 0.3 is 0 Å². The minimum atomic E-state index is 0.250. The zero-order chi connectivity index (χ0) is 19.7. The van der Waals surface area contributed by atoms with Crippen molar-refractivity contribution in [3.05, 3.63) is 59.0 Å². The molecule has 0 bridgehead atoms. The minimum absolute atomic E-state index is 0.250. The van der Waals surface area contributed by atoms with Crippen LogP contribution in [0.1, 0.15) is 36.9 Å². The maximum atomic E-state index is 5.45. The highest BCUT2D eigenvalue weighted by atomic mass is 32.2. The summed E-state index contributed by atoms with van der Waals surface area (Å²) in [6.45, 7) is 8.34. The Balaban J connectivity index is 1.54. The van der Waals surface area contributed by atoms with E-state index in [1.54, 1.807) is 29.4 Å². The number of hydrogen-bond donors (Lipinski definition) is 0. The first-order valence-electron chi connectivity index (χ1n) is 9.16. The highest BCUT2D eigenvalue weighted by Crippen LogP contribution is 2.32. The number of rotatable bonds is 6. The first kappa shape index (κ1) is 19.0. The highest BCUT2D eigenvalue weighted by molar-refractivity contribution is 7.98. The molecule has 0 amide bonds. The average Bonchev–Trinajstić information content (AvgIpc) is 3.38. The van der Waals surface area contributed by atoms with Gasteiger partial charge in [-0.05, 0) is 39.8 Å². The van der Waals surface area contributed by atoms with Gasteiger partial charge in [0.1, 0.15) is 10.8 Å². The third-order valence-corrected chi connectivity index (χ3v) is 6.36. The second kappa shape index (κ2) is 7.93. The molecule has 5 nitrogen and oxygen atoms in total. The average molecular weight is 411 g/mol. The molecule has 0 fully saturated rings. The summed E-state index contributed by atoms with van der Waals surface area (Å²) in [5.74, 6) is 2.47. The van der Waals surface area contributed by atoms with Crippen molar-refractivity contribution in [2.24, 2.45) is 0 Å². The second-order valence-electron chi connectivity index (χ2n) is 6.96. The minimum Gasteiger partial charge on any atom is -0.469 e. The van der Waals surface area contributed by atoms with Crippen molar-refractivity contribution in [3.8, 4) is 22.0 Å². The van der Waals surface area contributed by atoms with Crippen LogP contribution >= 0.6 is 23.1 Å². The molecule has 0 saturated heterocycles. The molecule has 3 heterocycles. The lowest BCUT2D eigenvalue weighted by Gasteiger charge is -2.13. The van der Waals surface area contributed by atoms with E-state index in [1.807, 2.05) is 13.0 Å². The first-order valence-corrected chi connectivity index (χ1v) is 11.0. The van der Waals surface area contributed by atoms with Crippen molar-refractivity contribution in [2.45, 2.75) is 44.6 Å². The van der Waals surface area contributed by atoms with Gasteiger partial charge in [-0.15, -0.1) is 21.5 Å². The van der Waals surface area contributed by atoms with Gasteiger partial charge in [0.15, 0.2) is 11.0 Å². The van der Waals surface area contributed by atoms with Crippen molar-refractivity contribution >= 4 is 23.1 Å². The van der Waals surface area contributed by atoms with Gasteiger partial charge in [0.05, 0.1) is 17.5 Å². The van der Waals surface area contributed by atoms with E-state index in [9.17, 15) is 0 Å². The number of thiazole rings is 1. The van der Waals surface area contributed by atoms with Crippen molar-refractivity contribution in [1.29, 1.82) is 0 Å². The number of nitrogens with zero attached hydrogens (tertiary/aromatic N) is 4. The highest BCUT2D eigenvalue weighted by Gasteiger charge is 2.19. The standard InChI is InChI=1S/C21H22N4OS2/c1-13(2)25-19(18-8-9-26-15(18)4)23-24-21(25)28-12-17-11-27-20(22-17)16-7-5-6-14(3)10-16/h5-11,13H,12H2,1-4H3. The number of thioether (sulfide) groups is 1. The van der Waals surface area contributed by atoms with Gasteiger partial charge in [0.25, 0.3) is 0 Å². The van der Waals surface area contributed by atoms with Crippen LogP contribution in [0, 0.1) is 13.8 Å². The number of benzene rings is 1. The van der Waals surface area contributed by atoms with Crippen LogP contribution in [0.15, 0.2) is 51.5 Å². The normalized spacial score (nSPS) is 11.5. The van der Waals surface area contributed by atoms with E-state index in [0.29, 0.717) is 0 Å². The summed E-state index contributed by atoms with van der Waals surface area (Å²) >= 11 is 3.35. The lowest BCUT2D eigenvalue weighted by atomic mass is 10.1. The van der Waals surface area contributed by atoms with Crippen molar-refractivity contribution < 1.29 is 4.42 Å². The molecule has 28 heavy (non-hydrogen) atoms. The van der Waals surface area contributed by atoms with Crippen LogP contribution in [0.25, 0.3) is 22.0 Å². The number of aromatic nitrogens is 4. The maximum Gasteiger partial charge on any atom is 0.192 e. The topological polar surface area (TPSA) is 56.7 Å². The van der Waals surface area contributed by atoms with Crippen LogP contribution in [0.4, 0.5) is 0 Å². The van der Waals surface area contributed by atoms with Gasteiger partial charge in [-0.1, -0.05) is 35.5 Å². The second-order valence-corrected chi connectivity index (χ2v) is 8.76. The van der Waals surface area contributed by atoms with Crippen LogP contribution < -0.4 is 0 Å². The van der Waals surface area contributed by atoms with Crippen LogP contribution in [-0.2, 0) is 5.75 Å². The fraction of sp³-hybridized carbons (Fsp3) is 0.286. The molecule has 4 rings (SSSR count). The van der Waals surface area contributed by atoms with Crippen LogP contribution in [0.3, 0.4) is 0 Å². The predicted octanol–water partition coefficient (Wildman–Crippen LogP) is 6.15. The third-order valence-electron chi connectivity index (χ3n) is 4.45. The molecule has 1 aromatic carbocycles.